The number of hydrogen-bond donors (Lipinski definition) is 2. The van der Waals surface area contributed by atoms with Crippen LogP contribution in [0.25, 0.3) is 0 Å². The lowest BCUT2D eigenvalue weighted by atomic mass is 10.2. The zero-order valence-electron chi connectivity index (χ0n) is 7.05. The summed E-state index contributed by atoms with van der Waals surface area (Å²) in [5.41, 5.74) is 5.50. The number of likely N-dealkylation sites (N-methyl/N-ethyl adjacent to an activating group) is 1. The topological polar surface area (TPSA) is 47.3 Å². The molecule has 0 radical (unpaired) electrons. The molecule has 0 aromatic rings. The average Bonchev–Trinajstić information content (AvgIpc) is 2.39. The van der Waals surface area contributed by atoms with Gasteiger partial charge in [-0.2, -0.15) is 0 Å². The molecule has 1 aliphatic rings. The van der Waals surface area contributed by atoms with Gasteiger partial charge < -0.3 is 15.8 Å². The molecule has 1 saturated heterocycles. The predicted molar refractivity (Wildman–Crippen MR) is 42.7 cm³/mol. The number of rotatable bonds is 1. The molecule has 62 valence electrons. The van der Waals surface area contributed by atoms with E-state index in [4.69, 9.17) is 10.5 Å². The highest BCUT2D eigenvalue weighted by Crippen LogP contribution is 2.06. The maximum Gasteiger partial charge on any atom is 0.121 e. The van der Waals surface area contributed by atoms with Gasteiger partial charge in [-0.3, -0.25) is 0 Å². The van der Waals surface area contributed by atoms with Gasteiger partial charge in [-0.15, -0.1) is 0 Å². The Morgan fingerprint density at radius 2 is 2.10 bits per heavy atom. The third-order valence-corrected chi connectivity index (χ3v) is 1.51. The average molecular weight is 146 g/mol. The Bertz CT molecular complexity index is 78.0. The molecule has 1 rings (SSSR count). The number of nitrogens with one attached hydrogen (secondary N) is 1. The summed E-state index contributed by atoms with van der Waals surface area (Å²) < 4.78 is 5.07. The molecule has 3 nitrogen and oxygen atoms in total. The van der Waals surface area contributed by atoms with E-state index in [-0.39, 0.29) is 6.23 Å². The quantitative estimate of drug-likeness (QED) is 0.559. The molecule has 0 aromatic heterocycles. The molecule has 0 saturated carbocycles. The molecule has 3 heteroatoms. The summed E-state index contributed by atoms with van der Waals surface area (Å²) in [5.74, 6) is 0. The van der Waals surface area contributed by atoms with Crippen LogP contribution in [-0.2, 0) is 4.74 Å². The van der Waals surface area contributed by atoms with Gasteiger partial charge in [0, 0.05) is 6.04 Å². The van der Waals surface area contributed by atoms with E-state index in [1.807, 2.05) is 20.9 Å². The van der Waals surface area contributed by atoms with Gasteiger partial charge in [0.25, 0.3) is 0 Å². The molecule has 3 N–H and O–H groups in total. The molecule has 0 bridgehead atoms. The Morgan fingerprint density at radius 1 is 1.50 bits per heavy atom. The summed E-state index contributed by atoms with van der Waals surface area (Å²) in [6.45, 7) is 4.80. The monoisotopic (exact) mass is 146 g/mol. The Kier molecular flexibility index (Phi) is 5.58. The minimum atomic E-state index is -0.0833. The van der Waals surface area contributed by atoms with E-state index in [9.17, 15) is 0 Å². The van der Waals surface area contributed by atoms with Gasteiger partial charge in [0.05, 0.1) is 6.61 Å². The molecule has 2 atom stereocenters. The summed E-state index contributed by atoms with van der Waals surface area (Å²) >= 11 is 0. The summed E-state index contributed by atoms with van der Waals surface area (Å²) in [4.78, 5) is 0. The second-order valence-corrected chi connectivity index (χ2v) is 2.02. The first-order valence-electron chi connectivity index (χ1n) is 3.89. The number of ether oxygens (including phenoxy) is 1. The minimum absolute atomic E-state index is 0.0833. The first-order chi connectivity index (χ1) is 4.84. The molecule has 0 aromatic carbocycles. The number of nitrogens with two attached hydrogens (primary N) is 1. The van der Waals surface area contributed by atoms with Crippen LogP contribution in [0, 0.1) is 0 Å². The molecule has 10 heavy (non-hydrogen) atoms. The van der Waals surface area contributed by atoms with E-state index >= 15 is 0 Å². The van der Waals surface area contributed by atoms with Crippen LogP contribution in [-0.4, -0.2) is 25.9 Å². The molecular weight excluding hydrogens is 128 g/mol. The summed E-state index contributed by atoms with van der Waals surface area (Å²) in [6.07, 6.45) is 0.956. The van der Waals surface area contributed by atoms with Crippen molar-refractivity contribution in [1.29, 1.82) is 0 Å². The molecule has 0 amide bonds. The molecular formula is C7H18N2O. The van der Waals surface area contributed by atoms with E-state index in [0.29, 0.717) is 6.04 Å². The van der Waals surface area contributed by atoms with Crippen LogP contribution in [0.1, 0.15) is 20.3 Å². The summed E-state index contributed by atoms with van der Waals surface area (Å²) in [7, 11) is 1.90. The van der Waals surface area contributed by atoms with Crippen molar-refractivity contribution in [1.82, 2.24) is 5.32 Å². The van der Waals surface area contributed by atoms with Crippen molar-refractivity contribution >= 4 is 0 Å². The Labute approximate surface area is 62.9 Å². The van der Waals surface area contributed by atoms with Gasteiger partial charge in [0.2, 0.25) is 0 Å². The second kappa shape index (κ2) is 5.65. The van der Waals surface area contributed by atoms with Gasteiger partial charge in [0.1, 0.15) is 6.23 Å². The largest absolute Gasteiger partial charge is 0.362 e. The van der Waals surface area contributed by atoms with E-state index in [1.54, 1.807) is 0 Å². The van der Waals surface area contributed by atoms with E-state index < -0.39 is 0 Å². The normalized spacial score (nSPS) is 31.2. The van der Waals surface area contributed by atoms with Crippen molar-refractivity contribution < 1.29 is 4.74 Å². The maximum atomic E-state index is 5.50. The lowest BCUT2D eigenvalue weighted by Gasteiger charge is -2.10. The van der Waals surface area contributed by atoms with Crippen LogP contribution >= 0.6 is 0 Å². The van der Waals surface area contributed by atoms with Gasteiger partial charge in [-0.25, -0.2) is 0 Å². The lowest BCUT2D eigenvalue weighted by molar-refractivity contribution is 0.105. The highest BCUT2D eigenvalue weighted by molar-refractivity contribution is 4.75. The maximum absolute atomic E-state index is 5.50. The van der Waals surface area contributed by atoms with Crippen molar-refractivity contribution in [2.24, 2.45) is 5.73 Å². The van der Waals surface area contributed by atoms with Crippen molar-refractivity contribution in [3.05, 3.63) is 0 Å². The van der Waals surface area contributed by atoms with Crippen LogP contribution in [0.15, 0.2) is 0 Å². The molecule has 0 spiro atoms. The highest BCUT2D eigenvalue weighted by Gasteiger charge is 2.21. The van der Waals surface area contributed by atoms with Gasteiger partial charge in [-0.1, -0.05) is 13.8 Å². The number of hydrogen-bond acceptors (Lipinski definition) is 3. The minimum Gasteiger partial charge on any atom is -0.362 e. The van der Waals surface area contributed by atoms with E-state index in [1.165, 1.54) is 0 Å². The smallest absolute Gasteiger partial charge is 0.121 e. The first kappa shape index (κ1) is 9.88. The Hall–Kier alpha value is -0.120. The van der Waals surface area contributed by atoms with Crippen LogP contribution < -0.4 is 11.1 Å². The van der Waals surface area contributed by atoms with Crippen LogP contribution in [0.5, 0.6) is 0 Å². The fourth-order valence-corrected chi connectivity index (χ4v) is 0.920. The third-order valence-electron chi connectivity index (χ3n) is 1.51. The molecule has 2 unspecified atom stereocenters. The SMILES string of the molecule is CC.CNC1CCOC1N. The zero-order valence-corrected chi connectivity index (χ0v) is 7.05. The first-order valence-corrected chi connectivity index (χ1v) is 3.89. The van der Waals surface area contributed by atoms with E-state index in [2.05, 4.69) is 5.32 Å². The molecule has 1 fully saturated rings. The van der Waals surface area contributed by atoms with Crippen molar-refractivity contribution in [3.8, 4) is 0 Å². The third kappa shape index (κ3) is 2.64. The fourth-order valence-electron chi connectivity index (χ4n) is 0.920. The molecule has 1 heterocycles. The summed E-state index contributed by atoms with van der Waals surface area (Å²) in [5, 5.41) is 3.06. The van der Waals surface area contributed by atoms with Crippen molar-refractivity contribution in [2.75, 3.05) is 13.7 Å². The van der Waals surface area contributed by atoms with Crippen LogP contribution in [0.4, 0.5) is 0 Å². The van der Waals surface area contributed by atoms with Crippen LogP contribution in [0.3, 0.4) is 0 Å². The van der Waals surface area contributed by atoms with Gasteiger partial charge >= 0.3 is 0 Å². The summed E-state index contributed by atoms with van der Waals surface area (Å²) in [6, 6.07) is 0.370. The lowest BCUT2D eigenvalue weighted by Crippen LogP contribution is -2.39. The van der Waals surface area contributed by atoms with Crippen LogP contribution in [0.2, 0.25) is 0 Å². The predicted octanol–water partition coefficient (Wildman–Crippen LogP) is 0.306. The standard InChI is InChI=1S/C5H12N2O.C2H6/c1-7-4-2-3-8-5(4)6;1-2/h4-5,7H,2-3,6H2,1H3;1-2H3. The van der Waals surface area contributed by atoms with Gasteiger partial charge in [0.15, 0.2) is 0 Å². The van der Waals surface area contributed by atoms with Crippen molar-refractivity contribution in [3.63, 3.8) is 0 Å². The Morgan fingerprint density at radius 3 is 2.30 bits per heavy atom. The molecule has 1 aliphatic heterocycles. The van der Waals surface area contributed by atoms with Gasteiger partial charge in [-0.05, 0) is 13.5 Å². The Balaban J connectivity index is 0.000000371. The molecule has 0 aliphatic carbocycles. The zero-order chi connectivity index (χ0) is 7.98. The second-order valence-electron chi connectivity index (χ2n) is 2.02. The van der Waals surface area contributed by atoms with E-state index in [0.717, 1.165) is 13.0 Å². The fraction of sp³-hybridized carbons (Fsp3) is 1.00. The highest BCUT2D eigenvalue weighted by atomic mass is 16.5. The van der Waals surface area contributed by atoms with Crippen molar-refractivity contribution in [2.45, 2.75) is 32.5 Å².